The van der Waals surface area contributed by atoms with Crippen LogP contribution in [0.5, 0.6) is 5.75 Å². The van der Waals surface area contributed by atoms with Crippen LogP contribution in [0, 0.1) is 0 Å². The predicted molar refractivity (Wildman–Crippen MR) is 63.8 cm³/mol. The molecular formula is C11H12FNO4S. The molecule has 1 saturated heterocycles. The zero-order valence-electron chi connectivity index (χ0n) is 9.67. The van der Waals surface area contributed by atoms with Crippen molar-refractivity contribution in [3.8, 4) is 5.75 Å². The highest BCUT2D eigenvalue weighted by molar-refractivity contribution is 7.87. The van der Waals surface area contributed by atoms with Crippen LogP contribution in [0.1, 0.15) is 6.42 Å². The maximum Gasteiger partial charge on any atom is 0.307 e. The van der Waals surface area contributed by atoms with E-state index in [-0.39, 0.29) is 13.0 Å². The number of anilines is 1. The van der Waals surface area contributed by atoms with Gasteiger partial charge in [0.15, 0.2) is 0 Å². The fourth-order valence-corrected chi connectivity index (χ4v) is 2.56. The summed E-state index contributed by atoms with van der Waals surface area (Å²) < 4.78 is 39.5. The Labute approximate surface area is 104 Å². The van der Waals surface area contributed by atoms with Crippen molar-refractivity contribution in [1.82, 2.24) is 0 Å². The van der Waals surface area contributed by atoms with Gasteiger partial charge in [-0.15, -0.1) is 3.89 Å². The molecule has 0 saturated carbocycles. The molecule has 1 aliphatic rings. The van der Waals surface area contributed by atoms with Gasteiger partial charge in [0.2, 0.25) is 5.91 Å². The summed E-state index contributed by atoms with van der Waals surface area (Å²) in [5, 5.41) is -1.28. The van der Waals surface area contributed by atoms with Crippen molar-refractivity contribution in [3.63, 3.8) is 0 Å². The second kappa shape index (κ2) is 4.56. The Bertz CT molecular complexity index is 572. The Kier molecular flexibility index (Phi) is 3.25. The lowest BCUT2D eigenvalue weighted by Gasteiger charge is -2.16. The molecule has 1 heterocycles. The van der Waals surface area contributed by atoms with Crippen molar-refractivity contribution in [2.75, 3.05) is 18.6 Å². The smallest absolute Gasteiger partial charge is 0.307 e. The molecular weight excluding hydrogens is 261 g/mol. The first-order valence-electron chi connectivity index (χ1n) is 5.29. The number of hydrogen-bond acceptors (Lipinski definition) is 4. The molecule has 0 radical (unpaired) electrons. The zero-order valence-corrected chi connectivity index (χ0v) is 10.5. The van der Waals surface area contributed by atoms with Gasteiger partial charge in [0, 0.05) is 24.7 Å². The molecule has 1 unspecified atom stereocenters. The molecule has 98 valence electrons. The van der Waals surface area contributed by atoms with Gasteiger partial charge < -0.3 is 9.64 Å². The first-order chi connectivity index (χ1) is 8.41. The van der Waals surface area contributed by atoms with Crippen molar-refractivity contribution < 1.29 is 21.8 Å². The number of methoxy groups -OCH3 is 1. The van der Waals surface area contributed by atoms with Crippen molar-refractivity contribution >= 4 is 21.8 Å². The largest absolute Gasteiger partial charge is 0.497 e. The second-order valence-electron chi connectivity index (χ2n) is 4.01. The minimum absolute atomic E-state index is 0.162. The first-order valence-corrected chi connectivity index (χ1v) is 6.74. The number of halogens is 1. The summed E-state index contributed by atoms with van der Waals surface area (Å²) in [6.07, 6.45) is -0.323. The molecule has 1 aromatic carbocycles. The Balaban J connectivity index is 2.27. The maximum absolute atomic E-state index is 12.9. The van der Waals surface area contributed by atoms with Gasteiger partial charge in [-0.05, 0) is 12.1 Å². The van der Waals surface area contributed by atoms with Crippen molar-refractivity contribution in [2.24, 2.45) is 0 Å². The molecule has 5 nitrogen and oxygen atoms in total. The Hall–Kier alpha value is -1.63. The monoisotopic (exact) mass is 273 g/mol. The molecule has 0 bridgehead atoms. The minimum Gasteiger partial charge on any atom is -0.497 e. The van der Waals surface area contributed by atoms with Gasteiger partial charge in [-0.1, -0.05) is 6.07 Å². The topological polar surface area (TPSA) is 63.7 Å². The standard InChI is InChI=1S/C11H12FNO4S/c1-17-9-4-2-3-8(5-9)13-7-10(6-11(13)14)18(12,15)16/h2-5,10H,6-7H2,1H3. The molecule has 1 amide bonds. The highest BCUT2D eigenvalue weighted by Crippen LogP contribution is 2.28. The van der Waals surface area contributed by atoms with E-state index in [1.54, 1.807) is 24.3 Å². The lowest BCUT2D eigenvalue weighted by Crippen LogP contribution is -2.26. The SMILES string of the molecule is COc1cccc(N2CC(S(=O)(=O)F)CC2=O)c1. The highest BCUT2D eigenvalue weighted by Gasteiger charge is 2.39. The van der Waals surface area contributed by atoms with Gasteiger partial charge in [-0.25, -0.2) is 0 Å². The molecule has 7 heteroatoms. The fraction of sp³-hybridized carbons (Fsp3) is 0.364. The molecule has 2 rings (SSSR count). The minimum atomic E-state index is -4.69. The van der Waals surface area contributed by atoms with Crippen LogP contribution >= 0.6 is 0 Å². The van der Waals surface area contributed by atoms with E-state index < -0.39 is 21.4 Å². The number of hydrogen-bond donors (Lipinski definition) is 0. The number of carbonyl (C=O) groups excluding carboxylic acids is 1. The third-order valence-electron chi connectivity index (χ3n) is 2.85. The molecule has 0 spiro atoms. The summed E-state index contributed by atoms with van der Waals surface area (Å²) in [5.74, 6) is 0.140. The average molecular weight is 273 g/mol. The van der Waals surface area contributed by atoms with Crippen LogP contribution < -0.4 is 9.64 Å². The summed E-state index contributed by atoms with van der Waals surface area (Å²) in [6, 6.07) is 6.63. The van der Waals surface area contributed by atoms with Gasteiger partial charge in [0.05, 0.1) is 7.11 Å². The lowest BCUT2D eigenvalue weighted by atomic mass is 10.3. The normalized spacial score (nSPS) is 20.2. The van der Waals surface area contributed by atoms with Crippen LogP contribution in [0.25, 0.3) is 0 Å². The van der Waals surface area contributed by atoms with E-state index in [1.807, 2.05) is 0 Å². The van der Waals surface area contributed by atoms with E-state index in [4.69, 9.17) is 4.74 Å². The van der Waals surface area contributed by atoms with Crippen molar-refractivity contribution in [1.29, 1.82) is 0 Å². The summed E-state index contributed by atoms with van der Waals surface area (Å²) in [6.45, 7) is -0.162. The van der Waals surface area contributed by atoms with Crippen LogP contribution in [0.4, 0.5) is 9.57 Å². The summed E-state index contributed by atoms with van der Waals surface area (Å²) >= 11 is 0. The number of carbonyl (C=O) groups is 1. The number of amides is 1. The van der Waals surface area contributed by atoms with Crippen molar-refractivity contribution in [2.45, 2.75) is 11.7 Å². The maximum atomic E-state index is 12.9. The van der Waals surface area contributed by atoms with E-state index in [9.17, 15) is 17.1 Å². The molecule has 1 fully saturated rings. The second-order valence-corrected chi connectivity index (χ2v) is 5.63. The molecule has 0 aromatic heterocycles. The fourth-order valence-electron chi connectivity index (χ4n) is 1.89. The van der Waals surface area contributed by atoms with Crippen LogP contribution in [0.15, 0.2) is 24.3 Å². The number of ether oxygens (including phenoxy) is 1. The molecule has 0 N–H and O–H groups in total. The van der Waals surface area contributed by atoms with Gasteiger partial charge in [-0.2, -0.15) is 8.42 Å². The van der Waals surface area contributed by atoms with E-state index in [0.29, 0.717) is 11.4 Å². The predicted octanol–water partition coefficient (Wildman–Crippen LogP) is 1.10. The quantitative estimate of drug-likeness (QED) is 0.774. The average Bonchev–Trinajstić information content (AvgIpc) is 2.71. The van der Waals surface area contributed by atoms with Crippen LogP contribution in [-0.2, 0) is 15.0 Å². The van der Waals surface area contributed by atoms with Gasteiger partial charge >= 0.3 is 10.2 Å². The first kappa shape index (κ1) is 12.8. The summed E-state index contributed by atoms with van der Waals surface area (Å²) in [5.41, 5.74) is 0.505. The van der Waals surface area contributed by atoms with Gasteiger partial charge in [0.1, 0.15) is 11.0 Å². The Morgan fingerprint density at radius 3 is 2.72 bits per heavy atom. The lowest BCUT2D eigenvalue weighted by molar-refractivity contribution is -0.117. The van der Waals surface area contributed by atoms with E-state index in [0.717, 1.165) is 0 Å². The number of rotatable bonds is 3. The van der Waals surface area contributed by atoms with E-state index in [1.165, 1.54) is 12.0 Å². The molecule has 18 heavy (non-hydrogen) atoms. The molecule has 1 atom stereocenters. The molecule has 1 aromatic rings. The molecule has 0 aliphatic carbocycles. The Morgan fingerprint density at radius 2 is 2.17 bits per heavy atom. The van der Waals surface area contributed by atoms with Gasteiger partial charge in [0.25, 0.3) is 0 Å². The Morgan fingerprint density at radius 1 is 1.44 bits per heavy atom. The zero-order chi connectivity index (χ0) is 13.3. The van der Waals surface area contributed by atoms with Crippen LogP contribution in [0.3, 0.4) is 0 Å². The summed E-state index contributed by atoms with van der Waals surface area (Å²) in [4.78, 5) is 12.9. The third-order valence-corrected chi connectivity index (χ3v) is 3.96. The van der Waals surface area contributed by atoms with Crippen LogP contribution in [0.2, 0.25) is 0 Å². The molecule has 1 aliphatic heterocycles. The van der Waals surface area contributed by atoms with Crippen LogP contribution in [-0.4, -0.2) is 33.2 Å². The van der Waals surface area contributed by atoms with Gasteiger partial charge in [-0.3, -0.25) is 4.79 Å². The van der Waals surface area contributed by atoms with E-state index >= 15 is 0 Å². The number of benzene rings is 1. The third kappa shape index (κ3) is 2.45. The summed E-state index contributed by atoms with van der Waals surface area (Å²) in [7, 11) is -3.20. The number of nitrogens with zero attached hydrogens (tertiary/aromatic N) is 1. The highest BCUT2D eigenvalue weighted by atomic mass is 32.3. The van der Waals surface area contributed by atoms with E-state index in [2.05, 4.69) is 0 Å². The van der Waals surface area contributed by atoms with Crippen molar-refractivity contribution in [3.05, 3.63) is 24.3 Å².